The number of nitrogens with one attached hydrogen (secondary N) is 1. The number of halogens is 1. The maximum absolute atomic E-state index is 13.0. The van der Waals surface area contributed by atoms with Crippen LogP contribution in [0, 0.1) is 19.7 Å². The van der Waals surface area contributed by atoms with Gasteiger partial charge in [-0.1, -0.05) is 47.4 Å². The average molecular weight is 428 g/mol. The topological polar surface area (TPSA) is 68.0 Å². The van der Waals surface area contributed by atoms with Gasteiger partial charge in [-0.05, 0) is 48.2 Å². The Balaban J connectivity index is 1.45. The Morgan fingerprint density at radius 3 is 2.72 bits per heavy atom. The molecule has 1 N–H and O–H groups in total. The monoisotopic (exact) mass is 427 g/mol. The Bertz CT molecular complexity index is 1220. The third kappa shape index (κ3) is 4.49. The van der Waals surface area contributed by atoms with Gasteiger partial charge in [-0.2, -0.15) is 0 Å². The van der Waals surface area contributed by atoms with Crippen LogP contribution in [0.1, 0.15) is 22.3 Å². The van der Waals surface area contributed by atoms with Crippen molar-refractivity contribution in [2.24, 2.45) is 0 Å². The minimum absolute atomic E-state index is 0.254. The number of nitrogens with zero attached hydrogens (tertiary/aromatic N) is 2. The first-order chi connectivity index (χ1) is 14.0. The molecule has 0 radical (unpaired) electrons. The van der Waals surface area contributed by atoms with Gasteiger partial charge in [-0.25, -0.2) is 9.18 Å². The number of anilines is 1. The van der Waals surface area contributed by atoms with Crippen LogP contribution in [0.15, 0.2) is 56.0 Å². The van der Waals surface area contributed by atoms with Crippen molar-refractivity contribution in [3.63, 3.8) is 0 Å². The van der Waals surface area contributed by atoms with Crippen molar-refractivity contribution in [1.29, 1.82) is 0 Å². The van der Waals surface area contributed by atoms with E-state index in [1.807, 2.05) is 26.0 Å². The maximum atomic E-state index is 13.0. The van der Waals surface area contributed by atoms with Gasteiger partial charge in [-0.3, -0.25) is 0 Å². The largest absolute Gasteiger partial charge is 0.422 e. The number of thioether (sulfide) groups is 1. The van der Waals surface area contributed by atoms with E-state index in [0.717, 1.165) is 32.0 Å². The third-order valence-electron chi connectivity index (χ3n) is 4.63. The lowest BCUT2D eigenvalue weighted by atomic mass is 10.0. The van der Waals surface area contributed by atoms with Crippen LogP contribution in [0.2, 0.25) is 0 Å². The summed E-state index contributed by atoms with van der Waals surface area (Å²) in [5.74, 6) is 0.341. The van der Waals surface area contributed by atoms with Crippen LogP contribution in [0.5, 0.6) is 0 Å². The van der Waals surface area contributed by atoms with Gasteiger partial charge in [0.2, 0.25) is 5.13 Å². The summed E-state index contributed by atoms with van der Waals surface area (Å²) in [6, 6.07) is 11.9. The number of benzene rings is 2. The average Bonchev–Trinajstić information content (AvgIpc) is 3.17. The molecule has 2 aromatic heterocycles. The number of hydrogen-bond donors (Lipinski definition) is 1. The molecule has 0 saturated heterocycles. The molecule has 29 heavy (non-hydrogen) atoms. The fourth-order valence-corrected chi connectivity index (χ4v) is 4.64. The molecule has 0 unspecified atom stereocenters. The molecule has 0 amide bonds. The highest BCUT2D eigenvalue weighted by atomic mass is 32.2. The van der Waals surface area contributed by atoms with Crippen molar-refractivity contribution < 1.29 is 8.81 Å². The van der Waals surface area contributed by atoms with Crippen molar-refractivity contribution in [1.82, 2.24) is 10.2 Å². The van der Waals surface area contributed by atoms with E-state index >= 15 is 0 Å². The van der Waals surface area contributed by atoms with Crippen LogP contribution >= 0.6 is 23.1 Å². The molecule has 0 spiro atoms. The van der Waals surface area contributed by atoms with Gasteiger partial charge in [0.25, 0.3) is 0 Å². The minimum Gasteiger partial charge on any atom is -0.422 e. The molecule has 8 heteroatoms. The first-order valence-corrected chi connectivity index (χ1v) is 10.8. The van der Waals surface area contributed by atoms with E-state index in [1.165, 1.54) is 35.2 Å². The normalized spacial score (nSPS) is 11.1. The van der Waals surface area contributed by atoms with Gasteiger partial charge in [0.15, 0.2) is 4.34 Å². The molecule has 0 atom stereocenters. The molecule has 0 aliphatic heterocycles. The summed E-state index contributed by atoms with van der Waals surface area (Å²) in [4.78, 5) is 12.0. The van der Waals surface area contributed by atoms with Crippen LogP contribution in [-0.2, 0) is 12.3 Å². The standard InChI is InChI=1S/C21H18FN3O2S2/c1-12-3-8-17-15(9-18(26)27-19(17)13(12)2)11-28-21-25-24-20(29-21)23-10-14-4-6-16(22)7-5-14/h3-9H,10-11H2,1-2H3,(H,23,24). The summed E-state index contributed by atoms with van der Waals surface area (Å²) in [5.41, 5.74) is 4.25. The lowest BCUT2D eigenvalue weighted by Gasteiger charge is -2.08. The molecule has 5 nitrogen and oxygen atoms in total. The lowest BCUT2D eigenvalue weighted by molar-refractivity contribution is 0.557. The highest BCUT2D eigenvalue weighted by Gasteiger charge is 2.11. The Morgan fingerprint density at radius 2 is 1.93 bits per heavy atom. The first-order valence-electron chi connectivity index (χ1n) is 8.97. The van der Waals surface area contributed by atoms with Gasteiger partial charge in [0, 0.05) is 23.8 Å². The molecule has 0 fully saturated rings. The summed E-state index contributed by atoms with van der Waals surface area (Å²) in [5, 5.41) is 13.2. The minimum atomic E-state index is -0.347. The van der Waals surface area contributed by atoms with Crippen LogP contribution in [-0.4, -0.2) is 10.2 Å². The van der Waals surface area contributed by atoms with E-state index in [4.69, 9.17) is 4.42 Å². The highest BCUT2D eigenvalue weighted by molar-refractivity contribution is 8.00. The van der Waals surface area contributed by atoms with Crippen molar-refractivity contribution in [3.8, 4) is 0 Å². The zero-order chi connectivity index (χ0) is 20.4. The fourth-order valence-electron chi connectivity index (χ4n) is 2.90. The summed E-state index contributed by atoms with van der Waals surface area (Å²) in [6.45, 7) is 4.50. The Kier molecular flexibility index (Phi) is 5.64. The molecule has 4 aromatic rings. The summed E-state index contributed by atoms with van der Waals surface area (Å²) >= 11 is 2.97. The van der Waals surface area contributed by atoms with Crippen molar-refractivity contribution >= 4 is 39.2 Å². The number of rotatable bonds is 6. The quantitative estimate of drug-likeness (QED) is 0.332. The maximum Gasteiger partial charge on any atom is 0.336 e. The Morgan fingerprint density at radius 1 is 1.14 bits per heavy atom. The number of aryl methyl sites for hydroxylation is 2. The zero-order valence-corrected chi connectivity index (χ0v) is 17.5. The fraction of sp³-hybridized carbons (Fsp3) is 0.190. The Hall–Kier alpha value is -2.71. The molecule has 2 aromatic carbocycles. The second-order valence-electron chi connectivity index (χ2n) is 6.62. The molecular weight excluding hydrogens is 409 g/mol. The smallest absolute Gasteiger partial charge is 0.336 e. The first kappa shape index (κ1) is 19.6. The van der Waals surface area contributed by atoms with Crippen molar-refractivity contribution in [3.05, 3.63) is 81.0 Å². The number of hydrogen-bond acceptors (Lipinski definition) is 7. The van der Waals surface area contributed by atoms with Gasteiger partial charge in [0.1, 0.15) is 11.4 Å². The second kappa shape index (κ2) is 8.34. The van der Waals surface area contributed by atoms with Crippen molar-refractivity contribution in [2.75, 3.05) is 5.32 Å². The highest BCUT2D eigenvalue weighted by Crippen LogP contribution is 2.31. The summed E-state index contributed by atoms with van der Waals surface area (Å²) in [6.07, 6.45) is 0. The lowest BCUT2D eigenvalue weighted by Crippen LogP contribution is -2.01. The van der Waals surface area contributed by atoms with Gasteiger partial charge >= 0.3 is 5.63 Å². The zero-order valence-electron chi connectivity index (χ0n) is 15.9. The molecule has 0 saturated carbocycles. The van der Waals surface area contributed by atoms with Crippen molar-refractivity contribution in [2.45, 2.75) is 30.5 Å². The molecule has 0 bridgehead atoms. The predicted molar refractivity (Wildman–Crippen MR) is 115 cm³/mol. The molecule has 148 valence electrons. The van der Waals surface area contributed by atoms with E-state index in [9.17, 15) is 9.18 Å². The number of aromatic nitrogens is 2. The van der Waals surface area contributed by atoms with E-state index in [1.54, 1.807) is 18.2 Å². The van der Waals surface area contributed by atoms with Gasteiger partial charge in [-0.15, -0.1) is 10.2 Å². The second-order valence-corrected chi connectivity index (χ2v) is 8.82. The van der Waals surface area contributed by atoms with Crippen LogP contribution in [0.25, 0.3) is 11.0 Å². The van der Waals surface area contributed by atoms with E-state index in [-0.39, 0.29) is 11.4 Å². The molecular formula is C21H18FN3O2S2. The molecule has 0 aliphatic carbocycles. The summed E-state index contributed by atoms with van der Waals surface area (Å²) < 4.78 is 19.2. The Labute approximate surface area is 175 Å². The number of fused-ring (bicyclic) bond motifs is 1. The van der Waals surface area contributed by atoms with Gasteiger partial charge in [0.05, 0.1) is 0 Å². The predicted octanol–water partition coefficient (Wildman–Crippen LogP) is 5.30. The van der Waals surface area contributed by atoms with Crippen LogP contribution < -0.4 is 10.9 Å². The SMILES string of the molecule is Cc1ccc2c(CSc3nnc(NCc4ccc(F)cc4)s3)cc(=O)oc2c1C. The molecule has 2 heterocycles. The third-order valence-corrected chi connectivity index (χ3v) is 6.70. The van der Waals surface area contributed by atoms with E-state index in [2.05, 4.69) is 15.5 Å². The molecule has 0 aliphatic rings. The molecule has 4 rings (SSSR count). The van der Waals surface area contributed by atoms with Crippen LogP contribution in [0.3, 0.4) is 0 Å². The van der Waals surface area contributed by atoms with E-state index in [0.29, 0.717) is 23.0 Å². The van der Waals surface area contributed by atoms with Gasteiger partial charge < -0.3 is 9.73 Å². The van der Waals surface area contributed by atoms with E-state index < -0.39 is 0 Å². The summed E-state index contributed by atoms with van der Waals surface area (Å²) in [7, 11) is 0. The van der Waals surface area contributed by atoms with Crippen LogP contribution in [0.4, 0.5) is 9.52 Å².